The van der Waals surface area contributed by atoms with Crippen LogP contribution >= 0.6 is 0 Å². The predicted octanol–water partition coefficient (Wildman–Crippen LogP) is 4.77. The van der Waals surface area contributed by atoms with Crippen LogP contribution < -0.4 is 0 Å². The van der Waals surface area contributed by atoms with Gasteiger partial charge in [-0.3, -0.25) is 4.79 Å². The summed E-state index contributed by atoms with van der Waals surface area (Å²) in [5.74, 6) is -0.583. The number of Topliss-reactive ketones (excluding diaryl/α,β-unsaturated/α-hetero) is 1. The third kappa shape index (κ3) is 3.92. The SMILES string of the molecule is CC(=O)[C@](Cc1ccccc1)(N=Nc1ccccc1)S(=O)(=O)c1ccccc1. The van der Waals surface area contributed by atoms with E-state index in [1.165, 1.54) is 19.1 Å². The van der Waals surface area contributed by atoms with Gasteiger partial charge in [0.1, 0.15) is 0 Å². The summed E-state index contributed by atoms with van der Waals surface area (Å²) in [4.78, 5) is 10.8. The van der Waals surface area contributed by atoms with Crippen LogP contribution in [0.3, 0.4) is 0 Å². The lowest BCUT2D eigenvalue weighted by Gasteiger charge is -2.26. The lowest BCUT2D eigenvalue weighted by Crippen LogP contribution is -2.45. The van der Waals surface area contributed by atoms with E-state index in [2.05, 4.69) is 10.2 Å². The Balaban J connectivity index is 2.18. The summed E-state index contributed by atoms with van der Waals surface area (Å²) < 4.78 is 27.1. The molecule has 0 N–H and O–H groups in total. The van der Waals surface area contributed by atoms with Gasteiger partial charge in [-0.25, -0.2) is 8.42 Å². The number of benzene rings is 3. The summed E-state index contributed by atoms with van der Waals surface area (Å²) in [5.41, 5.74) is 1.16. The molecule has 1 atom stereocenters. The van der Waals surface area contributed by atoms with E-state index < -0.39 is 20.5 Å². The second-order valence-electron chi connectivity index (χ2n) is 6.35. The lowest BCUT2D eigenvalue weighted by atomic mass is 10.0. The van der Waals surface area contributed by atoms with Crippen molar-refractivity contribution in [3.8, 4) is 0 Å². The number of sulfone groups is 1. The summed E-state index contributed by atoms with van der Waals surface area (Å²) >= 11 is 0. The molecule has 0 fully saturated rings. The Morgan fingerprint density at radius 3 is 1.86 bits per heavy atom. The quantitative estimate of drug-likeness (QED) is 0.543. The first kappa shape index (κ1) is 19.6. The molecule has 0 unspecified atom stereocenters. The van der Waals surface area contributed by atoms with E-state index in [4.69, 9.17) is 0 Å². The fourth-order valence-electron chi connectivity index (χ4n) is 2.87. The largest absolute Gasteiger partial charge is 0.296 e. The van der Waals surface area contributed by atoms with Crippen molar-refractivity contribution in [3.05, 3.63) is 96.6 Å². The average molecular weight is 392 g/mol. The first-order chi connectivity index (χ1) is 13.5. The standard InChI is InChI=1S/C22H20N2O3S/c1-18(25)22(17-19-11-5-2-6-12-19,24-23-20-13-7-3-8-14-20)28(26,27)21-15-9-4-10-16-21/h2-16H,17H2,1H3/t22-/m1/s1. The van der Waals surface area contributed by atoms with Crippen LogP contribution in [-0.4, -0.2) is 19.1 Å². The van der Waals surface area contributed by atoms with Crippen LogP contribution in [-0.2, 0) is 21.1 Å². The highest BCUT2D eigenvalue weighted by Gasteiger charge is 2.50. The number of azo groups is 1. The first-order valence-electron chi connectivity index (χ1n) is 8.78. The van der Waals surface area contributed by atoms with Crippen LogP contribution in [0.4, 0.5) is 5.69 Å². The molecule has 0 amide bonds. The van der Waals surface area contributed by atoms with Crippen molar-refractivity contribution >= 4 is 21.3 Å². The molecule has 0 spiro atoms. The molecule has 6 heteroatoms. The number of rotatable bonds is 7. The summed E-state index contributed by atoms with van der Waals surface area (Å²) in [6, 6.07) is 25.6. The molecule has 3 aromatic rings. The molecule has 0 aliphatic heterocycles. The highest BCUT2D eigenvalue weighted by Crippen LogP contribution is 2.33. The third-order valence-corrected chi connectivity index (χ3v) is 6.71. The maximum absolute atomic E-state index is 13.5. The molecule has 142 valence electrons. The maximum atomic E-state index is 13.5. The van der Waals surface area contributed by atoms with Crippen molar-refractivity contribution in [1.29, 1.82) is 0 Å². The normalized spacial score (nSPS) is 13.9. The molecule has 0 radical (unpaired) electrons. The number of nitrogens with zero attached hydrogens (tertiary/aromatic N) is 2. The maximum Gasteiger partial charge on any atom is 0.247 e. The van der Waals surface area contributed by atoms with Gasteiger partial charge < -0.3 is 0 Å². The number of hydrogen-bond acceptors (Lipinski definition) is 5. The molecular formula is C22H20N2O3S. The minimum absolute atomic E-state index is 0.0353. The van der Waals surface area contributed by atoms with E-state index in [1.54, 1.807) is 66.7 Å². The van der Waals surface area contributed by atoms with Crippen molar-refractivity contribution in [2.45, 2.75) is 23.1 Å². The lowest BCUT2D eigenvalue weighted by molar-refractivity contribution is -0.119. The summed E-state index contributed by atoms with van der Waals surface area (Å²) in [7, 11) is -4.14. The molecular weight excluding hydrogens is 372 g/mol. The van der Waals surface area contributed by atoms with E-state index in [0.29, 0.717) is 11.3 Å². The molecule has 0 aliphatic carbocycles. The Labute approximate surface area is 164 Å². The van der Waals surface area contributed by atoms with Gasteiger partial charge in [0.15, 0.2) is 5.78 Å². The molecule has 0 saturated heterocycles. The van der Waals surface area contributed by atoms with E-state index in [0.717, 1.165) is 0 Å². The van der Waals surface area contributed by atoms with Crippen LogP contribution in [0.5, 0.6) is 0 Å². The number of ketones is 1. The van der Waals surface area contributed by atoms with Gasteiger partial charge in [0.2, 0.25) is 14.7 Å². The van der Waals surface area contributed by atoms with Crippen molar-refractivity contribution < 1.29 is 13.2 Å². The number of carbonyl (C=O) groups is 1. The zero-order chi connectivity index (χ0) is 20.0. The van der Waals surface area contributed by atoms with Gasteiger partial charge in [0.25, 0.3) is 0 Å². The van der Waals surface area contributed by atoms with Crippen LogP contribution in [0.15, 0.2) is 106 Å². The fourth-order valence-corrected chi connectivity index (χ4v) is 4.66. The van der Waals surface area contributed by atoms with Crippen LogP contribution in [0, 0.1) is 0 Å². The van der Waals surface area contributed by atoms with Gasteiger partial charge >= 0.3 is 0 Å². The van der Waals surface area contributed by atoms with E-state index >= 15 is 0 Å². The summed E-state index contributed by atoms with van der Waals surface area (Å²) in [6.45, 7) is 1.24. The molecule has 28 heavy (non-hydrogen) atoms. The molecule has 0 bridgehead atoms. The van der Waals surface area contributed by atoms with Gasteiger partial charge in [-0.15, -0.1) is 0 Å². The molecule has 0 aromatic heterocycles. The topological polar surface area (TPSA) is 75.9 Å². The molecule has 3 rings (SSSR count). The Bertz CT molecular complexity index is 1070. The molecule has 0 heterocycles. The highest BCUT2D eigenvalue weighted by molar-refractivity contribution is 7.93. The zero-order valence-electron chi connectivity index (χ0n) is 15.4. The Kier molecular flexibility index (Phi) is 5.80. The molecule has 0 aliphatic rings. The minimum atomic E-state index is -4.14. The Hall–Kier alpha value is -3.12. The highest BCUT2D eigenvalue weighted by atomic mass is 32.2. The molecule has 5 nitrogen and oxygen atoms in total. The predicted molar refractivity (Wildman–Crippen MR) is 108 cm³/mol. The Morgan fingerprint density at radius 1 is 0.821 bits per heavy atom. The Morgan fingerprint density at radius 2 is 1.32 bits per heavy atom. The van der Waals surface area contributed by atoms with Gasteiger partial charge in [0.05, 0.1) is 10.6 Å². The second-order valence-corrected chi connectivity index (χ2v) is 8.51. The third-order valence-electron chi connectivity index (χ3n) is 4.42. The number of hydrogen-bond donors (Lipinski definition) is 0. The van der Waals surface area contributed by atoms with Crippen molar-refractivity contribution in [2.75, 3.05) is 0 Å². The van der Waals surface area contributed by atoms with Gasteiger partial charge in [-0.05, 0) is 36.8 Å². The smallest absolute Gasteiger partial charge is 0.247 e. The van der Waals surface area contributed by atoms with Crippen molar-refractivity contribution in [2.24, 2.45) is 10.2 Å². The van der Waals surface area contributed by atoms with E-state index in [-0.39, 0.29) is 11.3 Å². The second kappa shape index (κ2) is 8.27. The van der Waals surface area contributed by atoms with Crippen LogP contribution in [0.2, 0.25) is 0 Å². The molecule has 3 aromatic carbocycles. The summed E-state index contributed by atoms with van der Waals surface area (Å²) in [6.07, 6.45) is -0.100. The monoisotopic (exact) mass is 392 g/mol. The fraction of sp³-hybridized carbons (Fsp3) is 0.136. The van der Waals surface area contributed by atoms with Gasteiger partial charge in [-0.1, -0.05) is 66.7 Å². The van der Waals surface area contributed by atoms with Crippen molar-refractivity contribution in [1.82, 2.24) is 0 Å². The number of carbonyl (C=O) groups excluding carboxylic acids is 1. The van der Waals surface area contributed by atoms with Crippen LogP contribution in [0.1, 0.15) is 12.5 Å². The van der Waals surface area contributed by atoms with Crippen LogP contribution in [0.25, 0.3) is 0 Å². The average Bonchev–Trinajstić information content (AvgIpc) is 2.73. The minimum Gasteiger partial charge on any atom is -0.296 e. The summed E-state index contributed by atoms with van der Waals surface area (Å²) in [5, 5.41) is 8.27. The molecule has 0 saturated carbocycles. The van der Waals surface area contributed by atoms with Gasteiger partial charge in [0, 0.05) is 6.42 Å². The first-order valence-corrected chi connectivity index (χ1v) is 10.3. The van der Waals surface area contributed by atoms with E-state index in [1.807, 2.05) is 12.1 Å². The van der Waals surface area contributed by atoms with Crippen molar-refractivity contribution in [3.63, 3.8) is 0 Å². The van der Waals surface area contributed by atoms with E-state index in [9.17, 15) is 13.2 Å². The zero-order valence-corrected chi connectivity index (χ0v) is 16.2. The van der Waals surface area contributed by atoms with Gasteiger partial charge in [-0.2, -0.15) is 10.2 Å².